The first-order chi connectivity index (χ1) is 10.8. The van der Waals surface area contributed by atoms with Crippen molar-refractivity contribution in [3.8, 4) is 12.3 Å². The Balaban J connectivity index is 1.81. The van der Waals surface area contributed by atoms with E-state index in [9.17, 15) is 8.42 Å². The molecule has 3 rings (SSSR count). The number of terminal acetylenes is 1. The summed E-state index contributed by atoms with van der Waals surface area (Å²) in [4.78, 5) is 4.50. The summed E-state index contributed by atoms with van der Waals surface area (Å²) in [5.41, 5.74) is -0.0914. The average Bonchev–Trinajstić information content (AvgIpc) is 3.17. The lowest BCUT2D eigenvalue weighted by Gasteiger charge is -2.52. The topological polar surface area (TPSA) is 55.2 Å². The Hall–Kier alpha value is -1.32. The second-order valence-corrected chi connectivity index (χ2v) is 9.48. The van der Waals surface area contributed by atoms with Crippen molar-refractivity contribution in [2.45, 2.75) is 52.1 Å². The first kappa shape index (κ1) is 16.5. The summed E-state index contributed by atoms with van der Waals surface area (Å²) in [6.45, 7) is 5.72. The van der Waals surface area contributed by atoms with Gasteiger partial charge in [0.1, 0.15) is 5.82 Å². The van der Waals surface area contributed by atoms with Crippen LogP contribution in [0.15, 0.2) is 12.4 Å². The van der Waals surface area contributed by atoms with E-state index in [2.05, 4.69) is 29.3 Å². The molecule has 6 heteroatoms. The molecule has 2 aliphatic rings. The third-order valence-electron chi connectivity index (χ3n) is 4.82. The van der Waals surface area contributed by atoms with E-state index < -0.39 is 10.0 Å². The normalized spacial score (nSPS) is 24.1. The Kier molecular flexibility index (Phi) is 4.28. The summed E-state index contributed by atoms with van der Waals surface area (Å²) >= 11 is 0. The van der Waals surface area contributed by atoms with E-state index in [1.165, 1.54) is 12.8 Å². The first-order valence-electron chi connectivity index (χ1n) is 8.29. The minimum Gasteiger partial charge on any atom is -0.333 e. The summed E-state index contributed by atoms with van der Waals surface area (Å²) < 4.78 is 29.1. The maximum absolute atomic E-state index is 12.6. The van der Waals surface area contributed by atoms with Gasteiger partial charge in [0.05, 0.1) is 11.8 Å². The van der Waals surface area contributed by atoms with Crippen LogP contribution in [0.4, 0.5) is 0 Å². The Bertz CT molecular complexity index is 710. The van der Waals surface area contributed by atoms with Crippen molar-refractivity contribution in [2.75, 3.05) is 12.3 Å². The first-order valence-corrected chi connectivity index (χ1v) is 9.90. The van der Waals surface area contributed by atoms with Crippen molar-refractivity contribution in [3.63, 3.8) is 0 Å². The number of sulfonamides is 1. The van der Waals surface area contributed by atoms with E-state index in [-0.39, 0.29) is 17.2 Å². The summed E-state index contributed by atoms with van der Waals surface area (Å²) in [7, 11) is -3.29. The minimum absolute atomic E-state index is 0.0914. The molecule has 1 aliphatic carbocycles. The van der Waals surface area contributed by atoms with E-state index in [0.29, 0.717) is 19.4 Å². The minimum atomic E-state index is -3.29. The fourth-order valence-electron chi connectivity index (χ4n) is 3.37. The third-order valence-corrected chi connectivity index (χ3v) is 6.68. The molecular formula is C17H25N3O2S. The molecule has 0 aromatic carbocycles. The van der Waals surface area contributed by atoms with Gasteiger partial charge in [0.25, 0.3) is 0 Å². The third kappa shape index (κ3) is 3.31. The molecule has 23 heavy (non-hydrogen) atoms. The maximum Gasteiger partial charge on any atom is 0.214 e. The molecule has 1 saturated carbocycles. The Morgan fingerprint density at radius 3 is 2.78 bits per heavy atom. The lowest BCUT2D eigenvalue weighted by atomic mass is 9.76. The van der Waals surface area contributed by atoms with Gasteiger partial charge in [0, 0.05) is 37.3 Å². The molecule has 1 aliphatic heterocycles. The maximum atomic E-state index is 12.6. The smallest absolute Gasteiger partial charge is 0.214 e. The van der Waals surface area contributed by atoms with Gasteiger partial charge in [0.15, 0.2) is 0 Å². The van der Waals surface area contributed by atoms with Crippen molar-refractivity contribution >= 4 is 10.0 Å². The monoisotopic (exact) mass is 335 g/mol. The van der Waals surface area contributed by atoms with E-state index in [1.54, 1.807) is 10.5 Å². The van der Waals surface area contributed by atoms with Crippen LogP contribution in [-0.4, -0.2) is 34.6 Å². The van der Waals surface area contributed by atoms with E-state index >= 15 is 0 Å². The van der Waals surface area contributed by atoms with E-state index in [1.807, 2.05) is 6.20 Å². The molecule has 2 heterocycles. The number of aromatic nitrogens is 2. The van der Waals surface area contributed by atoms with Gasteiger partial charge in [-0.1, -0.05) is 13.8 Å². The molecule has 0 spiro atoms. The van der Waals surface area contributed by atoms with Crippen LogP contribution in [-0.2, 0) is 16.6 Å². The van der Waals surface area contributed by atoms with Gasteiger partial charge in [-0.15, -0.1) is 12.3 Å². The predicted octanol–water partition coefficient (Wildman–Crippen LogP) is 2.42. The highest BCUT2D eigenvalue weighted by Crippen LogP contribution is 2.49. The van der Waals surface area contributed by atoms with Gasteiger partial charge in [-0.25, -0.2) is 13.4 Å². The standard InChI is InChI=1S/C17H25N3O2S/c1-4-5-6-11-23(21,22)20-13-17(2,3)15(20)16-18-9-10-19(16)12-14-7-8-14/h1,9-10,14-15H,5-8,11-13H2,2-3H3. The molecule has 0 radical (unpaired) electrons. The van der Waals surface area contributed by atoms with Gasteiger partial charge >= 0.3 is 0 Å². The van der Waals surface area contributed by atoms with E-state index in [0.717, 1.165) is 18.3 Å². The Morgan fingerprint density at radius 1 is 1.43 bits per heavy atom. The summed E-state index contributed by atoms with van der Waals surface area (Å²) in [5.74, 6) is 4.24. The van der Waals surface area contributed by atoms with Crippen molar-refractivity contribution in [3.05, 3.63) is 18.2 Å². The van der Waals surface area contributed by atoms with Crippen LogP contribution in [0.3, 0.4) is 0 Å². The lowest BCUT2D eigenvalue weighted by molar-refractivity contribution is 0.0113. The molecule has 1 aromatic heterocycles. The zero-order valence-corrected chi connectivity index (χ0v) is 14.7. The lowest BCUT2D eigenvalue weighted by Crippen LogP contribution is -2.59. The molecule has 0 bridgehead atoms. The van der Waals surface area contributed by atoms with Gasteiger partial charge in [-0.05, 0) is 25.2 Å². The number of nitrogens with zero attached hydrogens (tertiary/aromatic N) is 3. The van der Waals surface area contributed by atoms with Crippen LogP contribution < -0.4 is 0 Å². The summed E-state index contributed by atoms with van der Waals surface area (Å²) in [5, 5.41) is 0. The van der Waals surface area contributed by atoms with Crippen LogP contribution in [0, 0.1) is 23.7 Å². The Labute approximate surface area is 139 Å². The second-order valence-electron chi connectivity index (χ2n) is 7.44. The van der Waals surface area contributed by atoms with E-state index in [4.69, 9.17) is 6.42 Å². The van der Waals surface area contributed by atoms with Crippen LogP contribution >= 0.6 is 0 Å². The fourth-order valence-corrected chi connectivity index (χ4v) is 5.34. The van der Waals surface area contributed by atoms with Gasteiger partial charge in [-0.2, -0.15) is 4.31 Å². The molecule has 1 saturated heterocycles. The molecule has 1 aromatic rings. The molecular weight excluding hydrogens is 310 g/mol. The van der Waals surface area contributed by atoms with Crippen LogP contribution in [0.1, 0.15) is 51.4 Å². The highest BCUT2D eigenvalue weighted by Gasteiger charge is 2.53. The van der Waals surface area contributed by atoms with Crippen molar-refractivity contribution in [2.24, 2.45) is 11.3 Å². The van der Waals surface area contributed by atoms with Crippen molar-refractivity contribution in [1.29, 1.82) is 0 Å². The molecule has 1 atom stereocenters. The summed E-state index contributed by atoms with van der Waals surface area (Å²) in [6, 6.07) is -0.174. The average molecular weight is 335 g/mol. The SMILES string of the molecule is C#CCCCS(=O)(=O)N1CC(C)(C)C1c1nccn1CC1CC1. The van der Waals surface area contributed by atoms with Gasteiger partial charge < -0.3 is 4.57 Å². The second kappa shape index (κ2) is 5.95. The number of hydrogen-bond acceptors (Lipinski definition) is 3. The zero-order valence-electron chi connectivity index (χ0n) is 13.9. The molecule has 2 fully saturated rings. The molecule has 5 nitrogen and oxygen atoms in total. The quantitative estimate of drug-likeness (QED) is 0.568. The molecule has 0 N–H and O–H groups in total. The number of rotatable bonds is 7. The van der Waals surface area contributed by atoms with Crippen molar-refractivity contribution in [1.82, 2.24) is 13.9 Å². The molecule has 0 amide bonds. The fraction of sp³-hybridized carbons (Fsp3) is 0.706. The van der Waals surface area contributed by atoms with Gasteiger partial charge in [-0.3, -0.25) is 0 Å². The zero-order chi connectivity index (χ0) is 16.7. The van der Waals surface area contributed by atoms with Crippen LogP contribution in [0.2, 0.25) is 0 Å². The molecule has 126 valence electrons. The Morgan fingerprint density at radius 2 is 2.17 bits per heavy atom. The highest BCUT2D eigenvalue weighted by molar-refractivity contribution is 7.89. The van der Waals surface area contributed by atoms with Gasteiger partial charge in [0.2, 0.25) is 10.0 Å². The number of unbranched alkanes of at least 4 members (excludes halogenated alkanes) is 1. The van der Waals surface area contributed by atoms with Crippen LogP contribution in [0.25, 0.3) is 0 Å². The highest BCUT2D eigenvalue weighted by atomic mass is 32.2. The molecule has 1 unspecified atom stereocenters. The predicted molar refractivity (Wildman–Crippen MR) is 90.0 cm³/mol. The van der Waals surface area contributed by atoms with Crippen LogP contribution in [0.5, 0.6) is 0 Å². The number of hydrogen-bond donors (Lipinski definition) is 0. The number of imidazole rings is 1. The largest absolute Gasteiger partial charge is 0.333 e. The summed E-state index contributed by atoms with van der Waals surface area (Å²) in [6.07, 6.45) is 12.5. The van der Waals surface area contributed by atoms with Crippen molar-refractivity contribution < 1.29 is 8.42 Å².